The van der Waals surface area contributed by atoms with Gasteiger partial charge in [-0.05, 0) is 36.6 Å². The van der Waals surface area contributed by atoms with Crippen molar-refractivity contribution >= 4 is 11.6 Å². The zero-order chi connectivity index (χ0) is 11.3. The van der Waals surface area contributed by atoms with Gasteiger partial charge in [0, 0.05) is 0 Å². The Morgan fingerprint density at radius 3 is 2.67 bits per heavy atom. The van der Waals surface area contributed by atoms with E-state index in [1.165, 1.54) is 5.56 Å². The van der Waals surface area contributed by atoms with Crippen molar-refractivity contribution in [2.24, 2.45) is 5.73 Å². The van der Waals surface area contributed by atoms with E-state index in [0.717, 1.165) is 12.2 Å². The molecule has 0 aliphatic rings. The molecule has 0 aliphatic carbocycles. The van der Waals surface area contributed by atoms with Crippen molar-refractivity contribution in [1.29, 1.82) is 0 Å². The highest BCUT2D eigenvalue weighted by Crippen LogP contribution is 2.28. The van der Waals surface area contributed by atoms with E-state index in [0.29, 0.717) is 24.1 Å². The molecule has 0 bridgehead atoms. The van der Waals surface area contributed by atoms with E-state index < -0.39 is 0 Å². The van der Waals surface area contributed by atoms with Crippen molar-refractivity contribution in [2.75, 3.05) is 13.2 Å². The maximum atomic E-state index is 6.10. The number of ether oxygens (including phenoxy) is 1. The summed E-state index contributed by atoms with van der Waals surface area (Å²) >= 11 is 6.10. The first-order valence-electron chi connectivity index (χ1n) is 5.27. The third-order valence-corrected chi connectivity index (χ3v) is 2.52. The van der Waals surface area contributed by atoms with Crippen LogP contribution in [-0.2, 0) is 0 Å². The lowest BCUT2D eigenvalue weighted by Gasteiger charge is -2.10. The first-order valence-corrected chi connectivity index (χ1v) is 5.65. The van der Waals surface area contributed by atoms with Crippen LogP contribution in [0.2, 0.25) is 5.02 Å². The quantitative estimate of drug-likeness (QED) is 0.785. The summed E-state index contributed by atoms with van der Waals surface area (Å²) in [5.41, 5.74) is 6.61. The molecule has 0 heterocycles. The Hall–Kier alpha value is -0.730. The summed E-state index contributed by atoms with van der Waals surface area (Å²) in [6.07, 6.45) is 0.849. The van der Waals surface area contributed by atoms with Gasteiger partial charge in [0.15, 0.2) is 0 Å². The van der Waals surface area contributed by atoms with Crippen molar-refractivity contribution in [3.63, 3.8) is 0 Å². The minimum atomic E-state index is 0.487. The molecule has 0 amide bonds. The third-order valence-electron chi connectivity index (χ3n) is 2.23. The van der Waals surface area contributed by atoms with Gasteiger partial charge in [0.1, 0.15) is 5.75 Å². The lowest BCUT2D eigenvalue weighted by molar-refractivity contribution is 0.313. The summed E-state index contributed by atoms with van der Waals surface area (Å²) in [4.78, 5) is 0. The Morgan fingerprint density at radius 2 is 2.13 bits per heavy atom. The Balaban J connectivity index is 2.66. The van der Waals surface area contributed by atoms with Crippen molar-refractivity contribution < 1.29 is 4.74 Å². The van der Waals surface area contributed by atoms with Crippen LogP contribution < -0.4 is 10.5 Å². The fraction of sp³-hybridized carbons (Fsp3) is 0.500. The molecule has 0 spiro atoms. The molecule has 0 atom stereocenters. The van der Waals surface area contributed by atoms with Crippen LogP contribution in [0.1, 0.15) is 31.7 Å². The van der Waals surface area contributed by atoms with E-state index in [1.807, 2.05) is 18.2 Å². The smallest absolute Gasteiger partial charge is 0.137 e. The van der Waals surface area contributed by atoms with Crippen LogP contribution in [0.25, 0.3) is 0 Å². The number of benzene rings is 1. The fourth-order valence-corrected chi connectivity index (χ4v) is 1.50. The van der Waals surface area contributed by atoms with Crippen molar-refractivity contribution in [3.05, 3.63) is 28.8 Å². The summed E-state index contributed by atoms with van der Waals surface area (Å²) < 4.78 is 5.50. The molecule has 1 rings (SSSR count). The van der Waals surface area contributed by atoms with Gasteiger partial charge < -0.3 is 10.5 Å². The second-order valence-corrected chi connectivity index (χ2v) is 4.24. The van der Waals surface area contributed by atoms with E-state index in [2.05, 4.69) is 13.8 Å². The molecular formula is C12H18ClNO. The van der Waals surface area contributed by atoms with Crippen LogP contribution in [0.3, 0.4) is 0 Å². The molecule has 1 aromatic rings. The SMILES string of the molecule is CC(C)c1ccc(OCCCN)c(Cl)c1. The maximum Gasteiger partial charge on any atom is 0.137 e. The third kappa shape index (κ3) is 3.73. The minimum Gasteiger partial charge on any atom is -0.492 e. The first-order chi connectivity index (χ1) is 7.15. The normalized spacial score (nSPS) is 10.7. The Morgan fingerprint density at radius 1 is 1.40 bits per heavy atom. The fourth-order valence-electron chi connectivity index (χ4n) is 1.26. The van der Waals surface area contributed by atoms with E-state index in [9.17, 15) is 0 Å². The predicted octanol–water partition coefficient (Wildman–Crippen LogP) is 3.19. The molecular weight excluding hydrogens is 210 g/mol. The molecule has 0 unspecified atom stereocenters. The van der Waals surface area contributed by atoms with Crippen molar-refractivity contribution in [3.8, 4) is 5.75 Å². The summed E-state index contributed by atoms with van der Waals surface area (Å²) in [6, 6.07) is 5.94. The minimum absolute atomic E-state index is 0.487. The zero-order valence-corrected chi connectivity index (χ0v) is 10.1. The average molecular weight is 228 g/mol. The van der Waals surface area contributed by atoms with E-state index in [-0.39, 0.29) is 0 Å². The maximum absolute atomic E-state index is 6.10. The highest BCUT2D eigenvalue weighted by atomic mass is 35.5. The molecule has 0 aliphatic heterocycles. The lowest BCUT2D eigenvalue weighted by Crippen LogP contribution is -2.06. The highest BCUT2D eigenvalue weighted by Gasteiger charge is 2.05. The van der Waals surface area contributed by atoms with Crippen molar-refractivity contribution in [2.45, 2.75) is 26.2 Å². The van der Waals surface area contributed by atoms with Gasteiger partial charge in [-0.25, -0.2) is 0 Å². The van der Waals surface area contributed by atoms with Crippen LogP contribution in [0.5, 0.6) is 5.75 Å². The number of hydrogen-bond donors (Lipinski definition) is 1. The van der Waals surface area contributed by atoms with E-state index >= 15 is 0 Å². The van der Waals surface area contributed by atoms with Gasteiger partial charge in [-0.2, -0.15) is 0 Å². The molecule has 2 nitrogen and oxygen atoms in total. The molecule has 3 heteroatoms. The molecule has 0 fully saturated rings. The molecule has 2 N–H and O–H groups in total. The van der Waals surface area contributed by atoms with E-state index in [1.54, 1.807) is 0 Å². The lowest BCUT2D eigenvalue weighted by atomic mass is 10.0. The van der Waals surface area contributed by atoms with Crippen molar-refractivity contribution in [1.82, 2.24) is 0 Å². The monoisotopic (exact) mass is 227 g/mol. The molecule has 0 radical (unpaired) electrons. The summed E-state index contributed by atoms with van der Waals surface area (Å²) in [7, 11) is 0. The zero-order valence-electron chi connectivity index (χ0n) is 9.29. The number of hydrogen-bond acceptors (Lipinski definition) is 2. The molecule has 15 heavy (non-hydrogen) atoms. The average Bonchev–Trinajstić information content (AvgIpc) is 2.20. The Kier molecular flexibility index (Phi) is 4.92. The standard InChI is InChI=1S/C12H18ClNO/c1-9(2)10-4-5-12(11(13)8-10)15-7-3-6-14/h4-5,8-9H,3,6-7,14H2,1-2H3. The Bertz CT molecular complexity index is 312. The highest BCUT2D eigenvalue weighted by molar-refractivity contribution is 6.32. The Labute approximate surface area is 96.4 Å². The number of nitrogens with two attached hydrogens (primary N) is 1. The van der Waals surface area contributed by atoms with Gasteiger partial charge in [0.2, 0.25) is 0 Å². The largest absolute Gasteiger partial charge is 0.492 e. The van der Waals surface area contributed by atoms with E-state index in [4.69, 9.17) is 22.1 Å². The second kappa shape index (κ2) is 5.99. The van der Waals surface area contributed by atoms with Gasteiger partial charge in [-0.3, -0.25) is 0 Å². The van der Waals surface area contributed by atoms with Crippen LogP contribution in [-0.4, -0.2) is 13.2 Å². The second-order valence-electron chi connectivity index (χ2n) is 3.84. The molecule has 0 saturated heterocycles. The summed E-state index contributed by atoms with van der Waals surface area (Å²) in [6.45, 7) is 5.54. The van der Waals surface area contributed by atoms with Crippen LogP contribution >= 0.6 is 11.6 Å². The topological polar surface area (TPSA) is 35.2 Å². The first kappa shape index (κ1) is 12.3. The summed E-state index contributed by atoms with van der Waals surface area (Å²) in [5, 5.41) is 0.679. The van der Waals surface area contributed by atoms with Crippen LogP contribution in [0.15, 0.2) is 18.2 Å². The van der Waals surface area contributed by atoms with Crippen LogP contribution in [0.4, 0.5) is 0 Å². The molecule has 1 aromatic carbocycles. The molecule has 0 aromatic heterocycles. The van der Waals surface area contributed by atoms with Gasteiger partial charge in [0.25, 0.3) is 0 Å². The van der Waals surface area contributed by atoms with Gasteiger partial charge >= 0.3 is 0 Å². The van der Waals surface area contributed by atoms with Gasteiger partial charge in [-0.15, -0.1) is 0 Å². The van der Waals surface area contributed by atoms with Gasteiger partial charge in [-0.1, -0.05) is 31.5 Å². The van der Waals surface area contributed by atoms with Gasteiger partial charge in [0.05, 0.1) is 11.6 Å². The molecule has 84 valence electrons. The predicted molar refractivity (Wildman–Crippen MR) is 64.7 cm³/mol. The van der Waals surface area contributed by atoms with Crippen LogP contribution in [0, 0.1) is 0 Å². The number of halogens is 1. The molecule has 0 saturated carbocycles. The number of rotatable bonds is 5. The summed E-state index contributed by atoms with van der Waals surface area (Å²) in [5.74, 6) is 1.23.